The Morgan fingerprint density at radius 1 is 1.10 bits per heavy atom. The van der Waals surface area contributed by atoms with E-state index in [0.29, 0.717) is 33.7 Å². The fourth-order valence-corrected chi connectivity index (χ4v) is 3.38. The summed E-state index contributed by atoms with van der Waals surface area (Å²) in [6, 6.07) is 15.6. The molecule has 0 aliphatic heterocycles. The fourth-order valence-electron chi connectivity index (χ4n) is 3.38. The van der Waals surface area contributed by atoms with Crippen LogP contribution in [0.3, 0.4) is 0 Å². The van der Waals surface area contributed by atoms with Crippen molar-refractivity contribution < 1.29 is 14.5 Å². The minimum absolute atomic E-state index is 0.0332. The first kappa shape index (κ1) is 19.3. The van der Waals surface area contributed by atoms with Crippen LogP contribution in [0, 0.1) is 17.0 Å². The molecule has 0 fully saturated rings. The van der Waals surface area contributed by atoms with Crippen molar-refractivity contribution in [2.45, 2.75) is 13.8 Å². The Hall–Kier alpha value is -4.07. The molecule has 2 heterocycles. The van der Waals surface area contributed by atoms with Crippen LogP contribution >= 0.6 is 0 Å². The molecule has 0 spiro atoms. The molecular weight excluding hydrogens is 384 g/mol. The molecule has 0 amide bonds. The molecule has 0 N–H and O–H groups in total. The quantitative estimate of drug-likeness (QED) is 0.278. The van der Waals surface area contributed by atoms with Gasteiger partial charge in [-0.3, -0.25) is 10.1 Å². The average molecular weight is 402 g/mol. The van der Waals surface area contributed by atoms with E-state index in [2.05, 4.69) is 10.1 Å². The van der Waals surface area contributed by atoms with Gasteiger partial charge in [-0.15, -0.1) is 0 Å². The number of fused-ring (bicyclic) bond motifs is 1. The highest BCUT2D eigenvalue weighted by Crippen LogP contribution is 2.34. The van der Waals surface area contributed by atoms with Crippen LogP contribution in [0.25, 0.3) is 28.0 Å². The number of aryl methyl sites for hydroxylation is 1. The van der Waals surface area contributed by atoms with Crippen molar-refractivity contribution in [3.63, 3.8) is 0 Å². The second-order valence-corrected chi connectivity index (χ2v) is 6.60. The molecule has 0 aliphatic carbocycles. The van der Waals surface area contributed by atoms with Gasteiger partial charge in [0, 0.05) is 23.3 Å². The second kappa shape index (κ2) is 7.75. The Morgan fingerprint density at radius 2 is 1.80 bits per heavy atom. The standard InChI is InChI=1S/C22H18N4O4/c1-3-30-22(27)19-14(2)25-21(20(19)16-9-11-17(12-10-16)26(28)29)23-13-18(24-25)15-7-5-4-6-8-15/h4-13H,3H2,1-2H3. The minimum Gasteiger partial charge on any atom is -0.462 e. The van der Waals surface area contributed by atoms with E-state index in [9.17, 15) is 14.9 Å². The van der Waals surface area contributed by atoms with Gasteiger partial charge in [-0.2, -0.15) is 5.10 Å². The molecule has 0 saturated heterocycles. The Labute approximate surface area is 171 Å². The molecule has 0 unspecified atom stereocenters. The Morgan fingerprint density at radius 3 is 2.43 bits per heavy atom. The first-order chi connectivity index (χ1) is 14.5. The van der Waals surface area contributed by atoms with Gasteiger partial charge in [0.2, 0.25) is 0 Å². The van der Waals surface area contributed by atoms with Gasteiger partial charge in [-0.05, 0) is 31.5 Å². The molecule has 2 aromatic carbocycles. The lowest BCUT2D eigenvalue weighted by Gasteiger charge is -2.05. The average Bonchev–Trinajstić information content (AvgIpc) is 3.06. The summed E-state index contributed by atoms with van der Waals surface area (Å²) in [7, 11) is 0. The van der Waals surface area contributed by atoms with Crippen LogP contribution in [-0.4, -0.2) is 32.1 Å². The smallest absolute Gasteiger partial charge is 0.340 e. The zero-order chi connectivity index (χ0) is 21.3. The summed E-state index contributed by atoms with van der Waals surface area (Å²) in [5, 5.41) is 15.7. The second-order valence-electron chi connectivity index (χ2n) is 6.60. The van der Waals surface area contributed by atoms with Gasteiger partial charge in [0.1, 0.15) is 5.69 Å². The lowest BCUT2D eigenvalue weighted by Crippen LogP contribution is -2.07. The van der Waals surface area contributed by atoms with Gasteiger partial charge in [0.05, 0.1) is 29.0 Å². The van der Waals surface area contributed by atoms with E-state index in [1.54, 1.807) is 36.7 Å². The number of nitrogens with zero attached hydrogens (tertiary/aromatic N) is 4. The number of ether oxygens (including phenoxy) is 1. The summed E-state index contributed by atoms with van der Waals surface area (Å²) in [4.78, 5) is 27.9. The van der Waals surface area contributed by atoms with Crippen LogP contribution in [0.4, 0.5) is 5.69 Å². The molecule has 0 saturated carbocycles. The maximum Gasteiger partial charge on any atom is 0.340 e. The van der Waals surface area contributed by atoms with E-state index < -0.39 is 10.9 Å². The Kier molecular flexibility index (Phi) is 4.97. The van der Waals surface area contributed by atoms with E-state index in [1.807, 2.05) is 30.3 Å². The highest BCUT2D eigenvalue weighted by atomic mass is 16.6. The highest BCUT2D eigenvalue weighted by Gasteiger charge is 2.26. The zero-order valence-electron chi connectivity index (χ0n) is 16.4. The monoisotopic (exact) mass is 402 g/mol. The number of carbonyl (C=O) groups excluding carboxylic acids is 1. The molecule has 4 rings (SSSR count). The van der Waals surface area contributed by atoms with Gasteiger partial charge in [0.25, 0.3) is 5.69 Å². The number of hydrogen-bond donors (Lipinski definition) is 0. The van der Waals surface area contributed by atoms with Gasteiger partial charge in [-0.25, -0.2) is 14.3 Å². The third kappa shape index (κ3) is 3.28. The largest absolute Gasteiger partial charge is 0.462 e. The summed E-state index contributed by atoms with van der Waals surface area (Å²) in [6.45, 7) is 3.73. The third-order valence-electron chi connectivity index (χ3n) is 4.79. The third-order valence-corrected chi connectivity index (χ3v) is 4.79. The van der Waals surface area contributed by atoms with Crippen molar-refractivity contribution in [1.29, 1.82) is 0 Å². The van der Waals surface area contributed by atoms with Crippen molar-refractivity contribution in [3.05, 3.63) is 82.2 Å². The summed E-state index contributed by atoms with van der Waals surface area (Å²) < 4.78 is 6.88. The van der Waals surface area contributed by atoms with Crippen LogP contribution in [0.15, 0.2) is 60.8 Å². The number of nitro benzene ring substituents is 1. The van der Waals surface area contributed by atoms with Gasteiger partial charge < -0.3 is 4.74 Å². The van der Waals surface area contributed by atoms with Crippen LogP contribution in [-0.2, 0) is 4.74 Å². The number of hydrogen-bond acceptors (Lipinski definition) is 6. The van der Waals surface area contributed by atoms with E-state index in [0.717, 1.165) is 5.56 Å². The molecule has 0 atom stereocenters. The van der Waals surface area contributed by atoms with Crippen molar-refractivity contribution in [1.82, 2.24) is 14.6 Å². The molecule has 8 heteroatoms. The maximum absolute atomic E-state index is 12.8. The first-order valence-corrected chi connectivity index (χ1v) is 9.37. The van der Waals surface area contributed by atoms with Crippen LogP contribution < -0.4 is 0 Å². The van der Waals surface area contributed by atoms with E-state index >= 15 is 0 Å². The normalized spacial score (nSPS) is 10.9. The maximum atomic E-state index is 12.8. The summed E-state index contributed by atoms with van der Waals surface area (Å²) in [6.07, 6.45) is 1.65. The first-order valence-electron chi connectivity index (χ1n) is 9.37. The Bertz CT molecular complexity index is 1250. The SMILES string of the molecule is CCOC(=O)c1c(-c2ccc([N+](=O)[O-])cc2)c2ncc(-c3ccccc3)nn2c1C. The number of nitro groups is 1. The molecule has 0 aliphatic rings. The molecule has 0 radical (unpaired) electrons. The van der Waals surface area contributed by atoms with Crippen LogP contribution in [0.5, 0.6) is 0 Å². The highest BCUT2D eigenvalue weighted by molar-refractivity contribution is 6.03. The molecule has 30 heavy (non-hydrogen) atoms. The van der Waals surface area contributed by atoms with Crippen molar-refractivity contribution in [2.24, 2.45) is 0 Å². The van der Waals surface area contributed by atoms with Crippen molar-refractivity contribution in [3.8, 4) is 22.4 Å². The van der Waals surface area contributed by atoms with E-state index in [1.165, 1.54) is 12.1 Å². The van der Waals surface area contributed by atoms with Gasteiger partial charge >= 0.3 is 5.97 Å². The minimum atomic E-state index is -0.489. The molecule has 150 valence electrons. The van der Waals surface area contributed by atoms with Crippen LogP contribution in [0.2, 0.25) is 0 Å². The Balaban J connectivity index is 1.96. The molecular formula is C22H18N4O4. The lowest BCUT2D eigenvalue weighted by atomic mass is 10.0. The number of non-ortho nitro benzene ring substituents is 1. The van der Waals surface area contributed by atoms with Crippen molar-refractivity contribution >= 4 is 17.3 Å². The predicted octanol–water partition coefficient (Wildman–Crippen LogP) is 4.46. The van der Waals surface area contributed by atoms with Gasteiger partial charge in [0.15, 0.2) is 5.65 Å². The lowest BCUT2D eigenvalue weighted by molar-refractivity contribution is -0.384. The topological polar surface area (TPSA) is 99.6 Å². The number of aromatic nitrogens is 3. The number of esters is 1. The molecule has 2 aromatic heterocycles. The van der Waals surface area contributed by atoms with Gasteiger partial charge in [-0.1, -0.05) is 30.3 Å². The zero-order valence-corrected chi connectivity index (χ0v) is 16.4. The van der Waals surface area contributed by atoms with Crippen LogP contribution in [0.1, 0.15) is 23.0 Å². The predicted molar refractivity (Wildman–Crippen MR) is 111 cm³/mol. The molecule has 8 nitrogen and oxygen atoms in total. The van der Waals surface area contributed by atoms with E-state index in [4.69, 9.17) is 4.74 Å². The number of benzene rings is 2. The van der Waals surface area contributed by atoms with Crippen molar-refractivity contribution in [2.75, 3.05) is 6.61 Å². The fraction of sp³-hybridized carbons (Fsp3) is 0.136. The number of carbonyl (C=O) groups is 1. The molecule has 4 aromatic rings. The number of rotatable bonds is 5. The summed E-state index contributed by atoms with van der Waals surface area (Å²) in [5.74, 6) is -0.489. The summed E-state index contributed by atoms with van der Waals surface area (Å²) in [5.41, 5.74) is 4.08. The molecule has 0 bridgehead atoms. The summed E-state index contributed by atoms with van der Waals surface area (Å²) >= 11 is 0. The van der Waals surface area contributed by atoms with E-state index in [-0.39, 0.29) is 12.3 Å².